The third kappa shape index (κ3) is 2.85. The van der Waals surface area contributed by atoms with Crippen molar-refractivity contribution in [3.05, 3.63) is 12.2 Å². The van der Waals surface area contributed by atoms with Gasteiger partial charge in [-0.3, -0.25) is 4.79 Å². The molecule has 2 bridgehead atoms. The van der Waals surface area contributed by atoms with Gasteiger partial charge in [-0.05, 0) is 44.1 Å². The number of ether oxygens (including phenoxy) is 1. The fourth-order valence-corrected chi connectivity index (χ4v) is 2.84. The van der Waals surface area contributed by atoms with Gasteiger partial charge >= 0.3 is 5.97 Å². The van der Waals surface area contributed by atoms with Crippen LogP contribution in [0, 0.1) is 17.8 Å². The van der Waals surface area contributed by atoms with Crippen molar-refractivity contribution < 1.29 is 9.53 Å². The van der Waals surface area contributed by atoms with Gasteiger partial charge < -0.3 is 10.1 Å². The second kappa shape index (κ2) is 5.48. The molecule has 1 N–H and O–H groups in total. The average molecular weight is 223 g/mol. The van der Waals surface area contributed by atoms with E-state index >= 15 is 0 Å². The van der Waals surface area contributed by atoms with Crippen molar-refractivity contribution in [1.82, 2.24) is 5.32 Å². The Morgan fingerprint density at radius 2 is 2.31 bits per heavy atom. The summed E-state index contributed by atoms with van der Waals surface area (Å²) in [4.78, 5) is 11.1. The third-order valence-electron chi connectivity index (χ3n) is 3.63. The van der Waals surface area contributed by atoms with Crippen molar-refractivity contribution in [2.24, 2.45) is 17.8 Å². The molecule has 2 aliphatic carbocycles. The van der Waals surface area contributed by atoms with Gasteiger partial charge in [0.2, 0.25) is 0 Å². The minimum Gasteiger partial charge on any atom is -0.466 e. The number of nitrogens with one attached hydrogen (secondary N) is 1. The summed E-state index contributed by atoms with van der Waals surface area (Å²) in [6, 6.07) is 0. The summed E-state index contributed by atoms with van der Waals surface area (Å²) in [6.45, 7) is 4.12. The van der Waals surface area contributed by atoms with Crippen LogP contribution in [-0.4, -0.2) is 25.7 Å². The molecule has 1 fully saturated rings. The summed E-state index contributed by atoms with van der Waals surface area (Å²) in [5.74, 6) is 2.32. The van der Waals surface area contributed by atoms with Gasteiger partial charge in [-0.25, -0.2) is 0 Å². The Morgan fingerprint density at radius 1 is 1.44 bits per heavy atom. The molecule has 90 valence electrons. The molecule has 3 unspecified atom stereocenters. The Bertz CT molecular complexity index is 275. The first-order valence-corrected chi connectivity index (χ1v) is 6.34. The lowest BCUT2D eigenvalue weighted by atomic mass is 9.94. The predicted octanol–water partition coefficient (Wildman–Crippen LogP) is 1.74. The van der Waals surface area contributed by atoms with E-state index in [0.29, 0.717) is 13.0 Å². The van der Waals surface area contributed by atoms with Crippen LogP contribution in [0.2, 0.25) is 0 Å². The maximum atomic E-state index is 11.1. The molecule has 3 atom stereocenters. The number of rotatable bonds is 6. The SMILES string of the molecule is CCOC(=O)CCNCC1CC2C=CC1C2. The molecule has 0 aromatic rings. The minimum absolute atomic E-state index is 0.0946. The Balaban J connectivity index is 1.55. The molecule has 0 amide bonds. The number of allylic oxidation sites excluding steroid dienone is 2. The molecule has 0 aliphatic heterocycles. The van der Waals surface area contributed by atoms with E-state index in [2.05, 4.69) is 17.5 Å². The summed E-state index contributed by atoms with van der Waals surface area (Å²) in [6.07, 6.45) is 7.90. The van der Waals surface area contributed by atoms with Crippen molar-refractivity contribution in [3.63, 3.8) is 0 Å². The van der Waals surface area contributed by atoms with E-state index in [-0.39, 0.29) is 5.97 Å². The van der Waals surface area contributed by atoms with Crippen LogP contribution in [0.4, 0.5) is 0 Å². The number of esters is 1. The summed E-state index contributed by atoms with van der Waals surface area (Å²) in [5.41, 5.74) is 0. The van der Waals surface area contributed by atoms with Gasteiger partial charge in [-0.15, -0.1) is 0 Å². The summed E-state index contributed by atoms with van der Waals surface area (Å²) in [5, 5.41) is 3.37. The van der Waals surface area contributed by atoms with Gasteiger partial charge in [-0.1, -0.05) is 12.2 Å². The van der Waals surface area contributed by atoms with E-state index < -0.39 is 0 Å². The molecule has 0 aromatic heterocycles. The molecule has 0 aromatic carbocycles. The normalized spacial score (nSPS) is 30.9. The van der Waals surface area contributed by atoms with E-state index in [1.807, 2.05) is 6.92 Å². The van der Waals surface area contributed by atoms with E-state index in [0.717, 1.165) is 30.8 Å². The van der Waals surface area contributed by atoms with Crippen molar-refractivity contribution in [2.75, 3.05) is 19.7 Å². The number of carbonyl (C=O) groups excluding carboxylic acids is 1. The van der Waals surface area contributed by atoms with Crippen LogP contribution in [0.15, 0.2) is 12.2 Å². The highest BCUT2D eigenvalue weighted by Gasteiger charge is 2.34. The summed E-state index contributed by atoms with van der Waals surface area (Å²) < 4.78 is 4.87. The molecule has 0 radical (unpaired) electrons. The van der Waals surface area contributed by atoms with Gasteiger partial charge in [0.25, 0.3) is 0 Å². The van der Waals surface area contributed by atoms with Crippen LogP contribution in [0.5, 0.6) is 0 Å². The second-order valence-electron chi connectivity index (χ2n) is 4.80. The third-order valence-corrected chi connectivity index (χ3v) is 3.63. The molecule has 1 saturated carbocycles. The lowest BCUT2D eigenvalue weighted by Crippen LogP contribution is -2.27. The van der Waals surface area contributed by atoms with Gasteiger partial charge in [0.1, 0.15) is 0 Å². The molecule has 2 aliphatic rings. The van der Waals surface area contributed by atoms with Crippen molar-refractivity contribution >= 4 is 5.97 Å². The first kappa shape index (κ1) is 11.6. The quantitative estimate of drug-likeness (QED) is 0.423. The highest BCUT2D eigenvalue weighted by molar-refractivity contribution is 5.69. The number of carbonyl (C=O) groups is 1. The first-order chi connectivity index (χ1) is 7.79. The van der Waals surface area contributed by atoms with Gasteiger partial charge in [0.15, 0.2) is 0 Å². The van der Waals surface area contributed by atoms with Crippen LogP contribution in [0.25, 0.3) is 0 Å². The van der Waals surface area contributed by atoms with Crippen molar-refractivity contribution in [3.8, 4) is 0 Å². The topological polar surface area (TPSA) is 38.3 Å². The lowest BCUT2D eigenvalue weighted by Gasteiger charge is -2.18. The molecule has 0 heterocycles. The average Bonchev–Trinajstić information content (AvgIpc) is 2.86. The molecule has 16 heavy (non-hydrogen) atoms. The number of hydrogen-bond donors (Lipinski definition) is 1. The monoisotopic (exact) mass is 223 g/mol. The largest absolute Gasteiger partial charge is 0.466 e. The Hall–Kier alpha value is -0.830. The van der Waals surface area contributed by atoms with Crippen LogP contribution in [-0.2, 0) is 9.53 Å². The zero-order valence-electron chi connectivity index (χ0n) is 9.95. The van der Waals surface area contributed by atoms with Crippen LogP contribution < -0.4 is 5.32 Å². The zero-order valence-corrected chi connectivity index (χ0v) is 9.95. The van der Waals surface area contributed by atoms with E-state index in [1.165, 1.54) is 12.8 Å². The maximum absolute atomic E-state index is 11.1. The summed E-state index contributed by atoms with van der Waals surface area (Å²) >= 11 is 0. The fourth-order valence-electron chi connectivity index (χ4n) is 2.84. The summed E-state index contributed by atoms with van der Waals surface area (Å²) in [7, 11) is 0. The van der Waals surface area contributed by atoms with Crippen molar-refractivity contribution in [2.45, 2.75) is 26.2 Å². The standard InChI is InChI=1S/C13H21NO2/c1-2-16-13(15)5-6-14-9-12-8-10-3-4-11(12)7-10/h3-4,10-12,14H,2,5-9H2,1H3. The van der Waals surface area contributed by atoms with Crippen LogP contribution in [0.1, 0.15) is 26.2 Å². The van der Waals surface area contributed by atoms with E-state index in [4.69, 9.17) is 4.74 Å². The first-order valence-electron chi connectivity index (χ1n) is 6.34. The van der Waals surface area contributed by atoms with Crippen molar-refractivity contribution in [1.29, 1.82) is 0 Å². The highest BCUT2D eigenvalue weighted by atomic mass is 16.5. The van der Waals surface area contributed by atoms with Crippen LogP contribution in [0.3, 0.4) is 0 Å². The molecular formula is C13H21NO2. The maximum Gasteiger partial charge on any atom is 0.307 e. The lowest BCUT2D eigenvalue weighted by molar-refractivity contribution is -0.142. The minimum atomic E-state index is -0.0946. The molecule has 0 saturated heterocycles. The Kier molecular flexibility index (Phi) is 3.99. The predicted molar refractivity (Wildman–Crippen MR) is 63.0 cm³/mol. The van der Waals surface area contributed by atoms with E-state index in [1.54, 1.807) is 0 Å². The number of fused-ring (bicyclic) bond motifs is 2. The molecule has 3 heteroatoms. The van der Waals surface area contributed by atoms with E-state index in [9.17, 15) is 4.79 Å². The Labute approximate surface area is 97.2 Å². The highest BCUT2D eigenvalue weighted by Crippen LogP contribution is 2.42. The molecule has 3 nitrogen and oxygen atoms in total. The Morgan fingerprint density at radius 3 is 2.94 bits per heavy atom. The van der Waals surface area contributed by atoms with Gasteiger partial charge in [0, 0.05) is 6.54 Å². The second-order valence-corrected chi connectivity index (χ2v) is 4.80. The fraction of sp³-hybridized carbons (Fsp3) is 0.769. The molecular weight excluding hydrogens is 202 g/mol. The number of hydrogen-bond acceptors (Lipinski definition) is 3. The zero-order chi connectivity index (χ0) is 11.4. The molecule has 0 spiro atoms. The molecule has 2 rings (SSSR count). The van der Waals surface area contributed by atoms with Crippen LogP contribution >= 0.6 is 0 Å². The van der Waals surface area contributed by atoms with Gasteiger partial charge in [-0.2, -0.15) is 0 Å². The smallest absolute Gasteiger partial charge is 0.307 e. The van der Waals surface area contributed by atoms with Gasteiger partial charge in [0.05, 0.1) is 13.0 Å².